The van der Waals surface area contributed by atoms with Gasteiger partial charge in [-0.2, -0.15) is 0 Å². The molecule has 0 amide bonds. The summed E-state index contributed by atoms with van der Waals surface area (Å²) >= 11 is 0. The maximum atomic E-state index is 10.5. The number of hydrogen-bond acceptors (Lipinski definition) is 1. The molecule has 0 aromatic carbocycles. The molecule has 136 valence electrons. The van der Waals surface area contributed by atoms with Crippen molar-refractivity contribution in [2.75, 3.05) is 0 Å². The van der Waals surface area contributed by atoms with Gasteiger partial charge in [0.25, 0.3) is 0 Å². The molecule has 0 heterocycles. The second kappa shape index (κ2) is 7.52. The summed E-state index contributed by atoms with van der Waals surface area (Å²) < 4.78 is 0. The molecule has 1 N–H and O–H groups in total. The van der Waals surface area contributed by atoms with E-state index in [1.807, 2.05) is 0 Å². The molecule has 0 bridgehead atoms. The molecule has 3 fully saturated rings. The van der Waals surface area contributed by atoms with Gasteiger partial charge in [-0.25, -0.2) is 0 Å². The van der Waals surface area contributed by atoms with Crippen LogP contribution in [0.5, 0.6) is 0 Å². The van der Waals surface area contributed by atoms with Crippen LogP contribution in [-0.4, -0.2) is 11.2 Å². The number of allylic oxidation sites excluding steroid dienone is 1. The second-order valence-corrected chi connectivity index (χ2v) is 9.87. The third-order valence-corrected chi connectivity index (χ3v) is 7.96. The third kappa shape index (κ3) is 4.09. The van der Waals surface area contributed by atoms with E-state index in [1.165, 1.54) is 70.6 Å². The van der Waals surface area contributed by atoms with Crippen LogP contribution in [0.1, 0.15) is 90.4 Å². The first-order valence-corrected chi connectivity index (χ1v) is 11.1. The Morgan fingerprint density at radius 3 is 2.17 bits per heavy atom. The van der Waals surface area contributed by atoms with Crippen molar-refractivity contribution >= 4 is 0 Å². The van der Waals surface area contributed by atoms with E-state index >= 15 is 0 Å². The molecule has 4 unspecified atom stereocenters. The van der Waals surface area contributed by atoms with Gasteiger partial charge >= 0.3 is 0 Å². The lowest BCUT2D eigenvalue weighted by molar-refractivity contribution is 0.0617. The lowest BCUT2D eigenvalue weighted by atomic mass is 9.68. The highest BCUT2D eigenvalue weighted by Crippen LogP contribution is 2.46. The van der Waals surface area contributed by atoms with Crippen LogP contribution in [0.4, 0.5) is 0 Å². The zero-order valence-electron chi connectivity index (χ0n) is 15.8. The Balaban J connectivity index is 1.25. The van der Waals surface area contributed by atoms with Crippen molar-refractivity contribution in [3.63, 3.8) is 0 Å². The molecule has 0 radical (unpaired) electrons. The molecular formula is C23H38O. The molecule has 4 atom stereocenters. The van der Waals surface area contributed by atoms with Gasteiger partial charge in [-0.1, -0.05) is 44.3 Å². The van der Waals surface area contributed by atoms with E-state index in [9.17, 15) is 5.11 Å². The van der Waals surface area contributed by atoms with Crippen LogP contribution >= 0.6 is 0 Å². The Kier molecular flexibility index (Phi) is 5.37. The first-order valence-electron chi connectivity index (χ1n) is 11.1. The number of hydrogen-bond donors (Lipinski definition) is 1. The molecule has 4 rings (SSSR count). The minimum Gasteiger partial charge on any atom is -0.392 e. The molecule has 0 aromatic heterocycles. The predicted molar refractivity (Wildman–Crippen MR) is 101 cm³/mol. The number of rotatable bonds is 4. The Labute approximate surface area is 149 Å². The van der Waals surface area contributed by atoms with Gasteiger partial charge in [-0.3, -0.25) is 0 Å². The van der Waals surface area contributed by atoms with Crippen LogP contribution in [0, 0.1) is 35.5 Å². The predicted octanol–water partition coefficient (Wildman–Crippen LogP) is 6.12. The zero-order chi connectivity index (χ0) is 16.5. The fourth-order valence-corrected chi connectivity index (χ4v) is 6.14. The average molecular weight is 331 g/mol. The molecule has 4 aliphatic rings. The highest BCUT2D eigenvalue weighted by atomic mass is 16.3. The smallest absolute Gasteiger partial charge is 0.0608 e. The normalized spacial score (nSPS) is 44.2. The first-order chi connectivity index (χ1) is 11.7. The van der Waals surface area contributed by atoms with Crippen molar-refractivity contribution in [1.82, 2.24) is 0 Å². The summed E-state index contributed by atoms with van der Waals surface area (Å²) in [4.78, 5) is 0. The van der Waals surface area contributed by atoms with Crippen molar-refractivity contribution in [2.45, 2.75) is 96.5 Å². The monoisotopic (exact) mass is 330 g/mol. The topological polar surface area (TPSA) is 20.2 Å². The summed E-state index contributed by atoms with van der Waals surface area (Å²) in [6.07, 6.45) is 20.7. The van der Waals surface area contributed by atoms with Crippen LogP contribution in [-0.2, 0) is 0 Å². The van der Waals surface area contributed by atoms with Gasteiger partial charge in [0.15, 0.2) is 0 Å². The van der Waals surface area contributed by atoms with E-state index in [0.717, 1.165) is 36.0 Å². The fraction of sp³-hybridized carbons (Fsp3) is 0.913. The van der Waals surface area contributed by atoms with Crippen molar-refractivity contribution in [3.8, 4) is 0 Å². The fourth-order valence-electron chi connectivity index (χ4n) is 6.14. The highest BCUT2D eigenvalue weighted by Gasteiger charge is 2.34. The lowest BCUT2D eigenvalue weighted by Crippen LogP contribution is -2.31. The van der Waals surface area contributed by atoms with Gasteiger partial charge in [0, 0.05) is 5.92 Å². The Bertz CT molecular complexity index is 441. The molecule has 0 aliphatic heterocycles. The van der Waals surface area contributed by atoms with Crippen LogP contribution in [0.25, 0.3) is 0 Å². The SMILES string of the molecule is CC1CCC(C2=CCC(C3CCC(CC4CC4)CC3)CC2)C(O)C1. The standard InChI is InChI=1S/C23H38O/c1-16-2-13-22(23(24)14-16)21-11-9-20(10-12-21)19-7-5-18(6-8-19)15-17-3-4-17/h11,16-20,22-24H,2-10,12-15H2,1H3. The molecule has 1 heteroatoms. The van der Waals surface area contributed by atoms with Crippen molar-refractivity contribution in [1.29, 1.82) is 0 Å². The van der Waals surface area contributed by atoms with Gasteiger partial charge in [0.2, 0.25) is 0 Å². The maximum Gasteiger partial charge on any atom is 0.0608 e. The van der Waals surface area contributed by atoms with Crippen molar-refractivity contribution in [3.05, 3.63) is 11.6 Å². The second-order valence-electron chi connectivity index (χ2n) is 9.87. The van der Waals surface area contributed by atoms with Crippen LogP contribution < -0.4 is 0 Å². The Morgan fingerprint density at radius 1 is 0.875 bits per heavy atom. The summed E-state index contributed by atoms with van der Waals surface area (Å²) in [5.41, 5.74) is 1.62. The van der Waals surface area contributed by atoms with Gasteiger partial charge in [0.1, 0.15) is 0 Å². The molecular weight excluding hydrogens is 292 g/mol. The summed E-state index contributed by atoms with van der Waals surface area (Å²) in [6, 6.07) is 0. The molecule has 0 spiro atoms. The van der Waals surface area contributed by atoms with Crippen LogP contribution in [0.15, 0.2) is 11.6 Å². The van der Waals surface area contributed by atoms with E-state index in [0.29, 0.717) is 5.92 Å². The molecule has 1 nitrogen and oxygen atoms in total. The van der Waals surface area contributed by atoms with E-state index in [1.54, 1.807) is 12.0 Å². The average Bonchev–Trinajstić information content (AvgIpc) is 3.40. The maximum absolute atomic E-state index is 10.5. The Morgan fingerprint density at radius 2 is 1.58 bits per heavy atom. The summed E-state index contributed by atoms with van der Waals surface area (Å²) in [5.74, 6) is 5.37. The highest BCUT2D eigenvalue weighted by molar-refractivity contribution is 5.14. The first kappa shape index (κ1) is 17.1. The third-order valence-electron chi connectivity index (χ3n) is 7.96. The zero-order valence-corrected chi connectivity index (χ0v) is 15.8. The van der Waals surface area contributed by atoms with E-state index < -0.39 is 0 Å². The van der Waals surface area contributed by atoms with Gasteiger partial charge < -0.3 is 5.11 Å². The minimum atomic E-state index is -0.0607. The van der Waals surface area contributed by atoms with Gasteiger partial charge in [-0.15, -0.1) is 0 Å². The number of aliphatic hydroxyl groups is 1. The van der Waals surface area contributed by atoms with E-state index in [2.05, 4.69) is 13.0 Å². The van der Waals surface area contributed by atoms with Crippen LogP contribution in [0.2, 0.25) is 0 Å². The lowest BCUT2D eigenvalue weighted by Gasteiger charge is -2.38. The Hall–Kier alpha value is -0.300. The van der Waals surface area contributed by atoms with Crippen molar-refractivity contribution < 1.29 is 5.11 Å². The largest absolute Gasteiger partial charge is 0.392 e. The molecule has 0 aromatic rings. The van der Waals surface area contributed by atoms with Gasteiger partial charge in [-0.05, 0) is 87.4 Å². The van der Waals surface area contributed by atoms with E-state index in [-0.39, 0.29) is 6.10 Å². The van der Waals surface area contributed by atoms with E-state index in [4.69, 9.17) is 0 Å². The van der Waals surface area contributed by atoms with Crippen LogP contribution in [0.3, 0.4) is 0 Å². The summed E-state index contributed by atoms with van der Waals surface area (Å²) in [7, 11) is 0. The van der Waals surface area contributed by atoms with Gasteiger partial charge in [0.05, 0.1) is 6.10 Å². The molecule has 24 heavy (non-hydrogen) atoms. The minimum absolute atomic E-state index is 0.0607. The molecule has 4 aliphatic carbocycles. The molecule has 3 saturated carbocycles. The van der Waals surface area contributed by atoms with Crippen molar-refractivity contribution in [2.24, 2.45) is 35.5 Å². The quantitative estimate of drug-likeness (QED) is 0.616. The number of aliphatic hydroxyl groups excluding tert-OH is 1. The summed E-state index contributed by atoms with van der Waals surface area (Å²) in [5, 5.41) is 10.5. The molecule has 0 saturated heterocycles. The summed E-state index contributed by atoms with van der Waals surface area (Å²) in [6.45, 7) is 2.30.